The summed E-state index contributed by atoms with van der Waals surface area (Å²) >= 11 is 0. The first kappa shape index (κ1) is 18.4. The minimum Gasteiger partial charge on any atom is -0.360 e. The lowest BCUT2D eigenvalue weighted by atomic mass is 10.1. The summed E-state index contributed by atoms with van der Waals surface area (Å²) in [6.07, 6.45) is 0.809. The van der Waals surface area contributed by atoms with Crippen molar-refractivity contribution in [3.05, 3.63) is 71.5 Å². The van der Waals surface area contributed by atoms with Crippen molar-refractivity contribution in [2.24, 2.45) is 0 Å². The zero-order valence-corrected chi connectivity index (χ0v) is 15.3. The predicted octanol–water partition coefficient (Wildman–Crippen LogP) is 3.58. The Balaban J connectivity index is 1.68. The topological polar surface area (TPSA) is 84.2 Å². The van der Waals surface area contributed by atoms with Crippen LogP contribution < -0.4 is 10.6 Å². The highest BCUT2D eigenvalue weighted by Crippen LogP contribution is 2.24. The Morgan fingerprint density at radius 3 is 2.48 bits per heavy atom. The average molecular weight is 363 g/mol. The van der Waals surface area contributed by atoms with Crippen LogP contribution in [-0.2, 0) is 11.2 Å². The molecule has 0 aliphatic carbocycles. The molecule has 0 atom stereocenters. The Labute approximate surface area is 157 Å². The van der Waals surface area contributed by atoms with Gasteiger partial charge in [-0.25, -0.2) is 0 Å². The van der Waals surface area contributed by atoms with Crippen LogP contribution in [0.4, 0.5) is 5.69 Å². The SMILES string of the molecule is CCc1ccccc1NC(=O)CNC(=O)c1c(-c2ccccc2)noc1C. The van der Waals surface area contributed by atoms with Crippen LogP contribution >= 0.6 is 0 Å². The number of nitrogens with one attached hydrogen (secondary N) is 2. The summed E-state index contributed by atoms with van der Waals surface area (Å²) in [4.78, 5) is 24.8. The van der Waals surface area contributed by atoms with Crippen LogP contribution in [0.1, 0.15) is 28.6 Å². The summed E-state index contributed by atoms with van der Waals surface area (Å²) < 4.78 is 5.19. The number of nitrogens with zero attached hydrogens (tertiary/aromatic N) is 1. The molecule has 1 heterocycles. The second-order valence-corrected chi connectivity index (χ2v) is 6.07. The molecule has 3 rings (SSSR count). The number of aromatic nitrogens is 1. The quantitative estimate of drug-likeness (QED) is 0.701. The van der Waals surface area contributed by atoms with Crippen molar-refractivity contribution in [3.63, 3.8) is 0 Å². The van der Waals surface area contributed by atoms with E-state index in [4.69, 9.17) is 4.52 Å². The maximum Gasteiger partial charge on any atom is 0.257 e. The fourth-order valence-electron chi connectivity index (χ4n) is 2.83. The van der Waals surface area contributed by atoms with E-state index in [0.717, 1.165) is 23.2 Å². The number of benzene rings is 2. The lowest BCUT2D eigenvalue weighted by Crippen LogP contribution is -2.33. The van der Waals surface area contributed by atoms with Gasteiger partial charge in [-0.2, -0.15) is 0 Å². The lowest BCUT2D eigenvalue weighted by molar-refractivity contribution is -0.115. The number of aryl methyl sites for hydroxylation is 2. The highest BCUT2D eigenvalue weighted by molar-refractivity contribution is 6.03. The molecule has 0 bridgehead atoms. The Bertz CT molecular complexity index is 948. The molecule has 0 aliphatic rings. The number of para-hydroxylation sites is 1. The second kappa shape index (κ2) is 8.31. The number of carbonyl (C=O) groups is 2. The highest BCUT2D eigenvalue weighted by atomic mass is 16.5. The molecule has 0 fully saturated rings. The van der Waals surface area contributed by atoms with Crippen molar-refractivity contribution in [3.8, 4) is 11.3 Å². The normalized spacial score (nSPS) is 10.4. The number of hydrogen-bond acceptors (Lipinski definition) is 4. The molecule has 0 unspecified atom stereocenters. The molecule has 6 heteroatoms. The molecule has 0 spiro atoms. The van der Waals surface area contributed by atoms with Crippen LogP contribution in [0.5, 0.6) is 0 Å². The number of anilines is 1. The third-order valence-electron chi connectivity index (χ3n) is 4.22. The largest absolute Gasteiger partial charge is 0.360 e. The van der Waals surface area contributed by atoms with E-state index in [-0.39, 0.29) is 12.5 Å². The first-order valence-corrected chi connectivity index (χ1v) is 8.77. The Morgan fingerprint density at radius 1 is 1.04 bits per heavy atom. The monoisotopic (exact) mass is 363 g/mol. The molecule has 2 aromatic carbocycles. The molecule has 0 saturated carbocycles. The molecule has 0 aliphatic heterocycles. The molecule has 1 aromatic heterocycles. The van der Waals surface area contributed by atoms with E-state index < -0.39 is 5.91 Å². The fraction of sp³-hybridized carbons (Fsp3) is 0.190. The van der Waals surface area contributed by atoms with Gasteiger partial charge < -0.3 is 15.2 Å². The summed E-state index contributed by atoms with van der Waals surface area (Å²) in [5.74, 6) is -0.283. The van der Waals surface area contributed by atoms with Crippen molar-refractivity contribution in [1.82, 2.24) is 10.5 Å². The van der Waals surface area contributed by atoms with Crippen LogP contribution in [0.3, 0.4) is 0 Å². The van der Waals surface area contributed by atoms with Crippen LogP contribution in [0, 0.1) is 6.92 Å². The van der Waals surface area contributed by atoms with Crippen molar-refractivity contribution in [2.45, 2.75) is 20.3 Å². The second-order valence-electron chi connectivity index (χ2n) is 6.07. The number of rotatable bonds is 6. The minimum absolute atomic E-state index is 0.143. The molecular formula is C21H21N3O3. The third kappa shape index (κ3) is 4.23. The van der Waals surface area contributed by atoms with Gasteiger partial charge >= 0.3 is 0 Å². The molecule has 6 nitrogen and oxygen atoms in total. The first-order chi connectivity index (χ1) is 13.1. The van der Waals surface area contributed by atoms with Gasteiger partial charge in [0.2, 0.25) is 5.91 Å². The van der Waals surface area contributed by atoms with Gasteiger partial charge in [-0.3, -0.25) is 9.59 Å². The zero-order valence-electron chi connectivity index (χ0n) is 15.3. The summed E-state index contributed by atoms with van der Waals surface area (Å²) in [5, 5.41) is 9.46. The zero-order chi connectivity index (χ0) is 19.2. The minimum atomic E-state index is -0.397. The number of hydrogen-bond donors (Lipinski definition) is 2. The summed E-state index contributed by atoms with van der Waals surface area (Å²) in [6.45, 7) is 3.55. The predicted molar refractivity (Wildman–Crippen MR) is 103 cm³/mol. The average Bonchev–Trinajstić information content (AvgIpc) is 3.09. The third-order valence-corrected chi connectivity index (χ3v) is 4.22. The van der Waals surface area contributed by atoms with Gasteiger partial charge in [0, 0.05) is 11.3 Å². The van der Waals surface area contributed by atoms with E-state index in [1.807, 2.05) is 61.5 Å². The number of carbonyl (C=O) groups excluding carboxylic acids is 2. The standard InChI is InChI=1S/C21H21N3O3/c1-3-15-9-7-8-12-17(15)23-18(25)13-22-21(26)19-14(2)27-24-20(19)16-10-5-4-6-11-16/h4-12H,3,13H2,1-2H3,(H,22,26)(H,23,25). The van der Waals surface area contributed by atoms with Gasteiger partial charge in [0.1, 0.15) is 17.0 Å². The van der Waals surface area contributed by atoms with E-state index in [9.17, 15) is 9.59 Å². The van der Waals surface area contributed by atoms with Crippen molar-refractivity contribution < 1.29 is 14.1 Å². The van der Waals surface area contributed by atoms with E-state index in [2.05, 4.69) is 15.8 Å². The van der Waals surface area contributed by atoms with Crippen LogP contribution in [0.2, 0.25) is 0 Å². The Morgan fingerprint density at radius 2 is 1.74 bits per heavy atom. The van der Waals surface area contributed by atoms with Crippen molar-refractivity contribution in [2.75, 3.05) is 11.9 Å². The summed E-state index contributed by atoms with van der Waals surface area (Å²) in [7, 11) is 0. The molecule has 2 N–H and O–H groups in total. The van der Waals surface area contributed by atoms with Gasteiger partial charge in [-0.1, -0.05) is 60.6 Å². The van der Waals surface area contributed by atoms with E-state index >= 15 is 0 Å². The maximum absolute atomic E-state index is 12.6. The van der Waals surface area contributed by atoms with E-state index in [0.29, 0.717) is 17.0 Å². The molecule has 2 amide bonds. The van der Waals surface area contributed by atoms with E-state index in [1.165, 1.54) is 0 Å². The fourth-order valence-corrected chi connectivity index (χ4v) is 2.83. The molecule has 3 aromatic rings. The lowest BCUT2D eigenvalue weighted by Gasteiger charge is -2.10. The molecule has 138 valence electrons. The van der Waals surface area contributed by atoms with Crippen LogP contribution in [0.25, 0.3) is 11.3 Å². The van der Waals surface area contributed by atoms with Gasteiger partial charge in [0.15, 0.2) is 0 Å². The molecule has 27 heavy (non-hydrogen) atoms. The van der Waals surface area contributed by atoms with Gasteiger partial charge in [0.25, 0.3) is 5.91 Å². The highest BCUT2D eigenvalue weighted by Gasteiger charge is 2.21. The summed E-state index contributed by atoms with van der Waals surface area (Å²) in [6, 6.07) is 16.9. The van der Waals surface area contributed by atoms with Crippen molar-refractivity contribution >= 4 is 17.5 Å². The van der Waals surface area contributed by atoms with Gasteiger partial charge in [0.05, 0.1) is 6.54 Å². The van der Waals surface area contributed by atoms with Gasteiger partial charge in [-0.15, -0.1) is 0 Å². The molecular weight excluding hydrogens is 342 g/mol. The van der Waals surface area contributed by atoms with Crippen molar-refractivity contribution in [1.29, 1.82) is 0 Å². The Kier molecular flexibility index (Phi) is 5.66. The summed E-state index contributed by atoms with van der Waals surface area (Å²) in [5.41, 5.74) is 3.37. The number of amides is 2. The van der Waals surface area contributed by atoms with Crippen LogP contribution in [-0.4, -0.2) is 23.5 Å². The molecule has 0 saturated heterocycles. The van der Waals surface area contributed by atoms with Gasteiger partial charge in [-0.05, 0) is 25.0 Å². The Hall–Kier alpha value is -3.41. The smallest absolute Gasteiger partial charge is 0.257 e. The first-order valence-electron chi connectivity index (χ1n) is 8.77. The molecule has 0 radical (unpaired) electrons. The maximum atomic E-state index is 12.6. The van der Waals surface area contributed by atoms with E-state index in [1.54, 1.807) is 6.92 Å². The van der Waals surface area contributed by atoms with Crippen LogP contribution in [0.15, 0.2) is 59.1 Å².